The van der Waals surface area contributed by atoms with Crippen LogP contribution in [0.2, 0.25) is 0 Å². The third kappa shape index (κ3) is 1.88. The van der Waals surface area contributed by atoms with Crippen molar-refractivity contribution in [2.45, 2.75) is 30.8 Å². The molecule has 1 aliphatic carbocycles. The molecule has 0 bridgehead atoms. The largest absolute Gasteiger partial charge is 0.340 e. The molecular weight excluding hydrogens is 192 g/mol. The molecule has 6 heteroatoms. The van der Waals surface area contributed by atoms with Gasteiger partial charge < -0.3 is 4.52 Å². The van der Waals surface area contributed by atoms with E-state index in [9.17, 15) is 8.42 Å². The molecule has 0 aliphatic heterocycles. The highest BCUT2D eigenvalue weighted by atomic mass is 32.2. The Hall–Kier alpha value is -0.910. The summed E-state index contributed by atoms with van der Waals surface area (Å²) in [5.41, 5.74) is 0. The molecular formula is C7H10N2O3S. The van der Waals surface area contributed by atoms with E-state index in [0.29, 0.717) is 5.89 Å². The molecule has 1 heterocycles. The van der Waals surface area contributed by atoms with Gasteiger partial charge in [0, 0.05) is 6.92 Å². The number of sulfone groups is 1. The first-order chi connectivity index (χ1) is 6.08. The van der Waals surface area contributed by atoms with Gasteiger partial charge >= 0.3 is 0 Å². The Morgan fingerprint density at radius 2 is 2.23 bits per heavy atom. The third-order valence-electron chi connectivity index (χ3n) is 1.93. The van der Waals surface area contributed by atoms with E-state index in [1.54, 1.807) is 6.92 Å². The molecule has 0 radical (unpaired) electrons. The van der Waals surface area contributed by atoms with Crippen molar-refractivity contribution in [1.82, 2.24) is 10.1 Å². The summed E-state index contributed by atoms with van der Waals surface area (Å²) < 4.78 is 27.6. The van der Waals surface area contributed by atoms with Crippen LogP contribution in [0, 0.1) is 6.92 Å². The number of hydrogen-bond donors (Lipinski definition) is 0. The molecule has 2 rings (SSSR count). The zero-order chi connectivity index (χ0) is 9.47. The lowest BCUT2D eigenvalue weighted by Crippen LogP contribution is -2.10. The first kappa shape index (κ1) is 8.68. The summed E-state index contributed by atoms with van der Waals surface area (Å²) in [6, 6.07) is 0. The van der Waals surface area contributed by atoms with Gasteiger partial charge in [-0.05, 0) is 12.8 Å². The molecule has 1 aromatic heterocycles. The molecule has 0 amide bonds. The van der Waals surface area contributed by atoms with Crippen molar-refractivity contribution in [3.05, 3.63) is 11.7 Å². The monoisotopic (exact) mass is 202 g/mol. The van der Waals surface area contributed by atoms with Crippen molar-refractivity contribution in [3.63, 3.8) is 0 Å². The lowest BCUT2D eigenvalue weighted by molar-refractivity contribution is 0.388. The van der Waals surface area contributed by atoms with Gasteiger partial charge in [-0.3, -0.25) is 0 Å². The highest BCUT2D eigenvalue weighted by Gasteiger charge is 2.36. The lowest BCUT2D eigenvalue weighted by Gasteiger charge is -1.95. The Labute approximate surface area is 76.1 Å². The van der Waals surface area contributed by atoms with Gasteiger partial charge in [-0.15, -0.1) is 0 Å². The molecule has 1 aliphatic rings. The highest BCUT2D eigenvalue weighted by Crippen LogP contribution is 2.30. The molecule has 1 saturated carbocycles. The van der Waals surface area contributed by atoms with Crippen molar-refractivity contribution in [2.75, 3.05) is 0 Å². The quantitative estimate of drug-likeness (QED) is 0.711. The number of hydrogen-bond acceptors (Lipinski definition) is 5. The van der Waals surface area contributed by atoms with E-state index in [4.69, 9.17) is 0 Å². The summed E-state index contributed by atoms with van der Waals surface area (Å²) in [6.45, 7) is 1.64. The van der Waals surface area contributed by atoms with Crippen molar-refractivity contribution in [2.24, 2.45) is 0 Å². The molecule has 1 fully saturated rings. The Morgan fingerprint density at radius 3 is 2.69 bits per heavy atom. The first-order valence-corrected chi connectivity index (χ1v) is 5.80. The summed E-state index contributed by atoms with van der Waals surface area (Å²) in [7, 11) is -3.01. The van der Waals surface area contributed by atoms with Crippen LogP contribution < -0.4 is 0 Å². The lowest BCUT2D eigenvalue weighted by atomic mass is 10.7. The maximum absolute atomic E-state index is 11.4. The average molecular weight is 202 g/mol. The molecule has 72 valence electrons. The minimum Gasteiger partial charge on any atom is -0.340 e. The van der Waals surface area contributed by atoms with Crippen LogP contribution >= 0.6 is 0 Å². The second-order valence-corrected chi connectivity index (χ2v) is 5.52. The Bertz CT molecular complexity index is 405. The highest BCUT2D eigenvalue weighted by molar-refractivity contribution is 7.91. The molecule has 0 aromatic carbocycles. The van der Waals surface area contributed by atoms with Crippen LogP contribution in [0.4, 0.5) is 0 Å². The summed E-state index contributed by atoms with van der Waals surface area (Å²) >= 11 is 0. The van der Waals surface area contributed by atoms with Crippen LogP contribution in [0.3, 0.4) is 0 Å². The number of nitrogens with zero attached hydrogens (tertiary/aromatic N) is 2. The molecule has 0 spiro atoms. The molecule has 0 N–H and O–H groups in total. The predicted molar refractivity (Wildman–Crippen MR) is 44.7 cm³/mol. The molecule has 0 unspecified atom stereocenters. The topological polar surface area (TPSA) is 73.1 Å². The molecule has 0 atom stereocenters. The number of aryl methyl sites for hydroxylation is 1. The van der Waals surface area contributed by atoms with E-state index in [2.05, 4.69) is 14.7 Å². The summed E-state index contributed by atoms with van der Waals surface area (Å²) in [6.07, 6.45) is 1.55. The third-order valence-corrected chi connectivity index (χ3v) is 4.08. The Kier molecular flexibility index (Phi) is 1.87. The standard InChI is InChI=1S/C7H10N2O3S/c1-5-8-7(9-12-5)4-13(10,11)6-2-3-6/h6H,2-4H2,1H3. The van der Waals surface area contributed by atoms with Gasteiger partial charge in [-0.1, -0.05) is 5.16 Å². The van der Waals surface area contributed by atoms with Crippen LogP contribution in [-0.4, -0.2) is 23.8 Å². The van der Waals surface area contributed by atoms with Gasteiger partial charge in [0.15, 0.2) is 15.7 Å². The molecule has 13 heavy (non-hydrogen) atoms. The van der Waals surface area contributed by atoms with E-state index in [1.165, 1.54) is 0 Å². The van der Waals surface area contributed by atoms with Gasteiger partial charge in [-0.2, -0.15) is 4.98 Å². The van der Waals surface area contributed by atoms with E-state index in [1.807, 2.05) is 0 Å². The predicted octanol–water partition coefficient (Wildman–Crippen LogP) is 0.455. The minimum absolute atomic E-state index is 0.0883. The summed E-state index contributed by atoms with van der Waals surface area (Å²) in [5, 5.41) is 3.39. The van der Waals surface area contributed by atoms with Crippen LogP contribution in [0.25, 0.3) is 0 Å². The fourth-order valence-electron chi connectivity index (χ4n) is 1.12. The molecule has 5 nitrogen and oxygen atoms in total. The smallest absolute Gasteiger partial charge is 0.223 e. The van der Waals surface area contributed by atoms with Crippen molar-refractivity contribution in [3.8, 4) is 0 Å². The second kappa shape index (κ2) is 2.80. The average Bonchev–Trinajstić information content (AvgIpc) is 2.78. The van der Waals surface area contributed by atoms with Crippen LogP contribution in [0.5, 0.6) is 0 Å². The van der Waals surface area contributed by atoms with Crippen LogP contribution in [-0.2, 0) is 15.6 Å². The maximum Gasteiger partial charge on any atom is 0.223 e. The van der Waals surface area contributed by atoms with Gasteiger partial charge in [-0.25, -0.2) is 8.42 Å². The summed E-state index contributed by atoms with van der Waals surface area (Å²) in [5.74, 6) is 0.583. The van der Waals surface area contributed by atoms with Crippen molar-refractivity contribution >= 4 is 9.84 Å². The van der Waals surface area contributed by atoms with Gasteiger partial charge in [0.25, 0.3) is 0 Å². The fraction of sp³-hybridized carbons (Fsp3) is 0.714. The van der Waals surface area contributed by atoms with Crippen molar-refractivity contribution in [1.29, 1.82) is 0 Å². The van der Waals surface area contributed by atoms with Gasteiger partial charge in [0.1, 0.15) is 5.75 Å². The van der Waals surface area contributed by atoms with E-state index >= 15 is 0 Å². The van der Waals surface area contributed by atoms with Gasteiger partial charge in [0.2, 0.25) is 5.89 Å². The summed E-state index contributed by atoms with van der Waals surface area (Å²) in [4.78, 5) is 3.85. The molecule has 1 aromatic rings. The van der Waals surface area contributed by atoms with Gasteiger partial charge in [0.05, 0.1) is 5.25 Å². The second-order valence-electron chi connectivity index (χ2n) is 3.24. The maximum atomic E-state index is 11.4. The first-order valence-electron chi connectivity index (χ1n) is 4.09. The van der Waals surface area contributed by atoms with E-state index < -0.39 is 9.84 Å². The zero-order valence-electron chi connectivity index (χ0n) is 7.23. The Morgan fingerprint density at radius 1 is 1.54 bits per heavy atom. The van der Waals surface area contributed by atoms with E-state index in [0.717, 1.165) is 12.8 Å². The fourth-order valence-corrected chi connectivity index (χ4v) is 2.69. The number of rotatable bonds is 3. The number of aromatic nitrogens is 2. The van der Waals surface area contributed by atoms with Crippen molar-refractivity contribution < 1.29 is 12.9 Å². The van der Waals surface area contributed by atoms with E-state index in [-0.39, 0.29) is 16.8 Å². The van der Waals surface area contributed by atoms with Crippen LogP contribution in [0.1, 0.15) is 24.6 Å². The zero-order valence-corrected chi connectivity index (χ0v) is 8.04. The Balaban J connectivity index is 2.13. The normalized spacial score (nSPS) is 17.6. The van der Waals surface area contributed by atoms with Crippen LogP contribution in [0.15, 0.2) is 4.52 Å². The SMILES string of the molecule is Cc1nc(CS(=O)(=O)C2CC2)no1. The molecule has 0 saturated heterocycles. The minimum atomic E-state index is -3.01.